The summed E-state index contributed by atoms with van der Waals surface area (Å²) in [5.41, 5.74) is 1.54. The van der Waals surface area contributed by atoms with Gasteiger partial charge in [-0.15, -0.1) is 0 Å². The largest absolute Gasteiger partial charge is 0.315 e. The number of benzene rings is 2. The molecule has 1 heterocycles. The fourth-order valence-electron chi connectivity index (χ4n) is 2.95. The highest BCUT2D eigenvalue weighted by atomic mass is 32.2. The Bertz CT molecular complexity index is 1070. The number of hydrogen-bond donors (Lipinski definition) is 2. The highest BCUT2D eigenvalue weighted by molar-refractivity contribution is 7.89. The van der Waals surface area contributed by atoms with Crippen LogP contribution in [-0.4, -0.2) is 32.5 Å². The van der Waals surface area contributed by atoms with Gasteiger partial charge >= 0.3 is 0 Å². The van der Waals surface area contributed by atoms with Gasteiger partial charge in [0, 0.05) is 30.4 Å². The molecule has 1 unspecified atom stereocenters. The van der Waals surface area contributed by atoms with E-state index in [1.54, 1.807) is 62.6 Å². The van der Waals surface area contributed by atoms with Gasteiger partial charge < -0.3 is 5.32 Å². The van der Waals surface area contributed by atoms with Crippen LogP contribution in [0.15, 0.2) is 59.8 Å². The summed E-state index contributed by atoms with van der Waals surface area (Å²) in [4.78, 5) is 4.26. The third kappa shape index (κ3) is 5.13. The van der Waals surface area contributed by atoms with Crippen molar-refractivity contribution in [2.75, 3.05) is 13.1 Å². The molecule has 3 aromatic rings. The first-order valence-corrected chi connectivity index (χ1v) is 10.7. The molecule has 2 aromatic carbocycles. The first-order chi connectivity index (χ1) is 13.3. The molecule has 7 heteroatoms. The lowest BCUT2D eigenvalue weighted by Crippen LogP contribution is -2.40. The van der Waals surface area contributed by atoms with Crippen molar-refractivity contribution in [3.05, 3.63) is 71.8 Å². The molecule has 0 saturated heterocycles. The lowest BCUT2D eigenvalue weighted by Gasteiger charge is -2.15. The van der Waals surface area contributed by atoms with Crippen molar-refractivity contribution in [1.29, 1.82) is 0 Å². The number of nitrogens with one attached hydrogen (secondary N) is 2. The Morgan fingerprint density at radius 2 is 1.93 bits per heavy atom. The molecule has 0 aliphatic heterocycles. The van der Waals surface area contributed by atoms with Crippen LogP contribution < -0.4 is 10.0 Å². The Balaban J connectivity index is 1.52. The predicted octanol–water partition coefficient (Wildman–Crippen LogP) is 3.18. The number of halogens is 1. The van der Waals surface area contributed by atoms with Crippen LogP contribution in [0.25, 0.3) is 10.8 Å². The maximum absolute atomic E-state index is 13.6. The van der Waals surface area contributed by atoms with Crippen molar-refractivity contribution >= 4 is 20.8 Å². The van der Waals surface area contributed by atoms with Crippen LogP contribution in [0.3, 0.4) is 0 Å². The minimum absolute atomic E-state index is 0.204. The minimum atomic E-state index is -3.61. The van der Waals surface area contributed by atoms with Gasteiger partial charge in [-0.05, 0) is 67.6 Å². The van der Waals surface area contributed by atoms with Crippen LogP contribution >= 0.6 is 0 Å². The summed E-state index contributed by atoms with van der Waals surface area (Å²) in [5, 5.41) is 4.93. The highest BCUT2D eigenvalue weighted by Gasteiger charge is 2.17. The lowest BCUT2D eigenvalue weighted by molar-refractivity contribution is 0.537. The third-order valence-electron chi connectivity index (χ3n) is 4.56. The Hall–Kier alpha value is -2.35. The maximum Gasteiger partial charge on any atom is 0.240 e. The van der Waals surface area contributed by atoms with Gasteiger partial charge in [-0.25, -0.2) is 17.5 Å². The molecule has 28 heavy (non-hydrogen) atoms. The van der Waals surface area contributed by atoms with E-state index in [1.165, 1.54) is 0 Å². The zero-order valence-electron chi connectivity index (χ0n) is 15.9. The summed E-state index contributed by atoms with van der Waals surface area (Å²) in [6.07, 6.45) is 4.01. The van der Waals surface area contributed by atoms with Gasteiger partial charge in [0.25, 0.3) is 0 Å². The predicted molar refractivity (Wildman–Crippen MR) is 109 cm³/mol. The number of hydrogen-bond acceptors (Lipinski definition) is 4. The Morgan fingerprint density at radius 1 is 1.11 bits per heavy atom. The maximum atomic E-state index is 13.6. The fraction of sp³-hybridized carbons (Fsp3) is 0.286. The molecular formula is C21H24FN3O2S. The van der Waals surface area contributed by atoms with Crippen LogP contribution in [0.2, 0.25) is 0 Å². The number of aryl methyl sites for hydroxylation is 1. The average molecular weight is 402 g/mol. The monoisotopic (exact) mass is 401 g/mol. The van der Waals surface area contributed by atoms with E-state index in [4.69, 9.17) is 0 Å². The highest BCUT2D eigenvalue weighted by Crippen LogP contribution is 2.18. The second kappa shape index (κ2) is 8.77. The summed E-state index contributed by atoms with van der Waals surface area (Å²) in [6, 6.07) is 11.7. The van der Waals surface area contributed by atoms with Gasteiger partial charge in [-0.2, -0.15) is 0 Å². The zero-order valence-corrected chi connectivity index (χ0v) is 16.8. The van der Waals surface area contributed by atoms with E-state index in [0.717, 1.165) is 16.3 Å². The summed E-state index contributed by atoms with van der Waals surface area (Å²) in [5.74, 6) is -0.204. The smallest absolute Gasteiger partial charge is 0.240 e. The molecule has 1 aromatic heterocycles. The van der Waals surface area contributed by atoms with Crippen molar-refractivity contribution in [3.63, 3.8) is 0 Å². The van der Waals surface area contributed by atoms with Crippen molar-refractivity contribution < 1.29 is 12.8 Å². The Kier molecular flexibility index (Phi) is 6.39. The molecule has 5 nitrogen and oxygen atoms in total. The molecule has 0 saturated carbocycles. The van der Waals surface area contributed by atoms with E-state index in [9.17, 15) is 12.8 Å². The molecule has 1 atom stereocenters. The average Bonchev–Trinajstić information content (AvgIpc) is 2.67. The van der Waals surface area contributed by atoms with E-state index in [1.807, 2.05) is 6.07 Å². The molecule has 0 aliphatic rings. The number of aromatic nitrogens is 1. The van der Waals surface area contributed by atoms with Crippen molar-refractivity contribution in [1.82, 2.24) is 15.0 Å². The molecule has 148 valence electrons. The molecule has 0 aliphatic carbocycles. The van der Waals surface area contributed by atoms with Crippen molar-refractivity contribution in [3.8, 4) is 0 Å². The number of fused-ring (bicyclic) bond motifs is 1. The molecule has 3 rings (SSSR count). The first-order valence-electron chi connectivity index (χ1n) is 9.17. The van der Waals surface area contributed by atoms with Gasteiger partial charge in [0.2, 0.25) is 10.0 Å². The van der Waals surface area contributed by atoms with E-state index in [2.05, 4.69) is 15.0 Å². The molecular weight excluding hydrogens is 377 g/mol. The van der Waals surface area contributed by atoms with E-state index in [-0.39, 0.29) is 16.8 Å². The summed E-state index contributed by atoms with van der Waals surface area (Å²) in [7, 11) is -3.61. The normalized spacial score (nSPS) is 13.0. The standard InChI is InChI=1S/C21H24FN3O2S/c1-15-3-4-17(11-21(15)22)7-9-23-13-16(2)25-28(26,27)20-6-5-19-14-24-10-8-18(19)12-20/h3-6,8,10-12,14,16,23,25H,7,9,13H2,1-2H3. The number of pyridine rings is 1. The minimum Gasteiger partial charge on any atom is -0.315 e. The van der Waals surface area contributed by atoms with E-state index < -0.39 is 10.0 Å². The molecule has 0 fully saturated rings. The second-order valence-electron chi connectivity index (χ2n) is 6.94. The Labute approximate surface area is 165 Å². The van der Waals surface area contributed by atoms with Crippen LogP contribution in [0.1, 0.15) is 18.1 Å². The van der Waals surface area contributed by atoms with Gasteiger partial charge in [0.1, 0.15) is 5.82 Å². The first kappa shape index (κ1) is 20.4. The van der Waals surface area contributed by atoms with Crippen LogP contribution in [0.4, 0.5) is 4.39 Å². The number of nitrogens with zero attached hydrogens (tertiary/aromatic N) is 1. The van der Waals surface area contributed by atoms with Gasteiger partial charge in [0.15, 0.2) is 0 Å². The summed E-state index contributed by atoms with van der Waals surface area (Å²) in [6.45, 7) is 4.65. The number of rotatable bonds is 8. The molecule has 0 bridgehead atoms. The lowest BCUT2D eigenvalue weighted by atomic mass is 10.1. The van der Waals surface area contributed by atoms with E-state index >= 15 is 0 Å². The topological polar surface area (TPSA) is 71.1 Å². The SMILES string of the molecule is Cc1ccc(CCNCC(C)NS(=O)(=O)c2ccc3cnccc3c2)cc1F. The summed E-state index contributed by atoms with van der Waals surface area (Å²) >= 11 is 0. The quantitative estimate of drug-likeness (QED) is 0.569. The second-order valence-corrected chi connectivity index (χ2v) is 8.66. The molecule has 0 spiro atoms. The van der Waals surface area contributed by atoms with Crippen molar-refractivity contribution in [2.45, 2.75) is 31.2 Å². The van der Waals surface area contributed by atoms with Crippen LogP contribution in [0, 0.1) is 12.7 Å². The Morgan fingerprint density at radius 3 is 2.71 bits per heavy atom. The van der Waals surface area contributed by atoms with Crippen LogP contribution in [0.5, 0.6) is 0 Å². The molecule has 0 amide bonds. The van der Waals surface area contributed by atoms with Gasteiger partial charge in [0.05, 0.1) is 4.90 Å². The molecule has 2 N–H and O–H groups in total. The zero-order chi connectivity index (χ0) is 20.1. The van der Waals surface area contributed by atoms with Crippen molar-refractivity contribution in [2.24, 2.45) is 0 Å². The summed E-state index contributed by atoms with van der Waals surface area (Å²) < 4.78 is 41.5. The molecule has 0 radical (unpaired) electrons. The fourth-order valence-corrected chi connectivity index (χ4v) is 4.22. The number of sulfonamides is 1. The van der Waals surface area contributed by atoms with Crippen LogP contribution in [-0.2, 0) is 16.4 Å². The van der Waals surface area contributed by atoms with Gasteiger partial charge in [-0.1, -0.05) is 18.2 Å². The van der Waals surface area contributed by atoms with E-state index in [0.29, 0.717) is 25.1 Å². The third-order valence-corrected chi connectivity index (χ3v) is 6.14. The van der Waals surface area contributed by atoms with Gasteiger partial charge in [-0.3, -0.25) is 4.98 Å².